The Labute approximate surface area is 64.9 Å². The molecule has 0 aliphatic rings. The van der Waals surface area contributed by atoms with Crippen LogP contribution in [0.2, 0.25) is 0 Å². The molecule has 1 rings (SSSR count). The molecule has 0 bridgehead atoms. The monoisotopic (exact) mass is 157 g/mol. The van der Waals surface area contributed by atoms with E-state index in [1.807, 2.05) is 19.2 Å². The Balaban J connectivity index is 2.28. The molecule has 3 heteroatoms. The zero-order valence-electron chi connectivity index (χ0n) is 6.20. The summed E-state index contributed by atoms with van der Waals surface area (Å²) in [6.07, 6.45) is 2.09. The fourth-order valence-electron chi connectivity index (χ4n) is 0.562. The van der Waals surface area contributed by atoms with E-state index in [0.717, 1.165) is 5.01 Å². The zero-order valence-corrected chi connectivity index (χ0v) is 7.02. The van der Waals surface area contributed by atoms with Gasteiger partial charge < -0.3 is 4.74 Å². The Morgan fingerprint density at radius 3 is 3.00 bits per heavy atom. The molecule has 2 nitrogen and oxygen atoms in total. The lowest BCUT2D eigenvalue weighted by Gasteiger charge is -2.03. The van der Waals surface area contributed by atoms with Gasteiger partial charge in [-0.05, 0) is 13.8 Å². The van der Waals surface area contributed by atoms with Crippen LogP contribution >= 0.6 is 11.3 Å². The number of ether oxygens (including phenoxy) is 1. The van der Waals surface area contributed by atoms with Gasteiger partial charge in [-0.15, -0.1) is 11.3 Å². The van der Waals surface area contributed by atoms with E-state index in [4.69, 9.17) is 4.74 Å². The molecule has 0 atom stereocenters. The molecule has 0 saturated heterocycles. The van der Waals surface area contributed by atoms with E-state index < -0.39 is 0 Å². The van der Waals surface area contributed by atoms with Crippen molar-refractivity contribution in [1.82, 2.24) is 4.98 Å². The Morgan fingerprint density at radius 1 is 1.70 bits per heavy atom. The molecule has 0 saturated carbocycles. The first kappa shape index (κ1) is 7.69. The maximum atomic E-state index is 5.33. The molecule has 1 heterocycles. The van der Waals surface area contributed by atoms with Crippen molar-refractivity contribution < 1.29 is 4.74 Å². The van der Waals surface area contributed by atoms with Crippen molar-refractivity contribution in [2.24, 2.45) is 0 Å². The number of nitrogens with zero attached hydrogens (tertiary/aromatic N) is 1. The van der Waals surface area contributed by atoms with Crippen LogP contribution in [0.5, 0.6) is 0 Å². The quantitative estimate of drug-likeness (QED) is 0.670. The second kappa shape index (κ2) is 3.68. The highest BCUT2D eigenvalue weighted by molar-refractivity contribution is 7.09. The largest absolute Gasteiger partial charge is 0.372 e. The van der Waals surface area contributed by atoms with Gasteiger partial charge in [0.1, 0.15) is 5.01 Å². The Kier molecular flexibility index (Phi) is 2.83. The van der Waals surface area contributed by atoms with E-state index in [0.29, 0.717) is 12.7 Å². The van der Waals surface area contributed by atoms with Gasteiger partial charge in [-0.25, -0.2) is 4.98 Å². The highest BCUT2D eigenvalue weighted by atomic mass is 32.1. The molecule has 56 valence electrons. The summed E-state index contributed by atoms with van der Waals surface area (Å²) in [6.45, 7) is 4.69. The van der Waals surface area contributed by atoms with Crippen molar-refractivity contribution in [3.8, 4) is 0 Å². The third-order valence-electron chi connectivity index (χ3n) is 1.02. The van der Waals surface area contributed by atoms with E-state index in [2.05, 4.69) is 4.98 Å². The molecule has 0 aromatic carbocycles. The summed E-state index contributed by atoms with van der Waals surface area (Å²) in [4.78, 5) is 4.08. The van der Waals surface area contributed by atoms with Crippen LogP contribution in [-0.4, -0.2) is 11.1 Å². The minimum Gasteiger partial charge on any atom is -0.372 e. The summed E-state index contributed by atoms with van der Waals surface area (Å²) in [5.74, 6) is 0. The maximum Gasteiger partial charge on any atom is 0.118 e. The van der Waals surface area contributed by atoms with Crippen molar-refractivity contribution in [3.63, 3.8) is 0 Å². The molecule has 0 aliphatic carbocycles. The Hall–Kier alpha value is -0.410. The fourth-order valence-corrected chi connectivity index (χ4v) is 1.10. The topological polar surface area (TPSA) is 22.1 Å². The van der Waals surface area contributed by atoms with Crippen LogP contribution in [0.25, 0.3) is 0 Å². The van der Waals surface area contributed by atoms with Crippen LogP contribution in [0.15, 0.2) is 11.6 Å². The van der Waals surface area contributed by atoms with Crippen LogP contribution in [0, 0.1) is 0 Å². The zero-order chi connectivity index (χ0) is 7.40. The number of aromatic nitrogens is 1. The molecule has 1 aromatic heterocycles. The molecule has 0 N–H and O–H groups in total. The van der Waals surface area contributed by atoms with Gasteiger partial charge in [-0.1, -0.05) is 0 Å². The first-order valence-electron chi connectivity index (χ1n) is 3.29. The van der Waals surface area contributed by atoms with Crippen molar-refractivity contribution in [2.45, 2.75) is 26.6 Å². The third kappa shape index (κ3) is 2.45. The van der Waals surface area contributed by atoms with Gasteiger partial charge in [0.05, 0.1) is 12.7 Å². The number of thiazole rings is 1. The SMILES string of the molecule is CC(C)OCc1nccs1. The van der Waals surface area contributed by atoms with Crippen molar-refractivity contribution in [1.29, 1.82) is 0 Å². The molecule has 0 amide bonds. The second-order valence-electron chi connectivity index (χ2n) is 2.29. The molecule has 0 aliphatic heterocycles. The smallest absolute Gasteiger partial charge is 0.118 e. The van der Waals surface area contributed by atoms with Crippen LogP contribution in [0.1, 0.15) is 18.9 Å². The van der Waals surface area contributed by atoms with E-state index in [1.165, 1.54) is 0 Å². The van der Waals surface area contributed by atoms with Gasteiger partial charge in [0.2, 0.25) is 0 Å². The summed E-state index contributed by atoms with van der Waals surface area (Å²) in [5.41, 5.74) is 0. The number of hydrogen-bond donors (Lipinski definition) is 0. The van der Waals surface area contributed by atoms with Crippen LogP contribution < -0.4 is 0 Å². The van der Waals surface area contributed by atoms with Gasteiger partial charge in [-0.2, -0.15) is 0 Å². The van der Waals surface area contributed by atoms with E-state index in [-0.39, 0.29) is 0 Å². The lowest BCUT2D eigenvalue weighted by atomic mass is 10.5. The van der Waals surface area contributed by atoms with Crippen LogP contribution in [-0.2, 0) is 11.3 Å². The van der Waals surface area contributed by atoms with E-state index >= 15 is 0 Å². The van der Waals surface area contributed by atoms with Crippen molar-refractivity contribution in [3.05, 3.63) is 16.6 Å². The summed E-state index contributed by atoms with van der Waals surface area (Å²) in [6, 6.07) is 0. The number of hydrogen-bond acceptors (Lipinski definition) is 3. The lowest BCUT2D eigenvalue weighted by molar-refractivity contribution is 0.0656. The molecule has 0 fully saturated rings. The van der Waals surface area contributed by atoms with Gasteiger partial charge in [0, 0.05) is 11.6 Å². The summed E-state index contributed by atoms with van der Waals surface area (Å²) >= 11 is 1.63. The Bertz CT molecular complexity index is 172. The second-order valence-corrected chi connectivity index (χ2v) is 3.26. The van der Waals surface area contributed by atoms with Gasteiger partial charge >= 0.3 is 0 Å². The standard InChI is InChI=1S/C7H11NOS/c1-6(2)9-5-7-8-3-4-10-7/h3-4,6H,5H2,1-2H3. The van der Waals surface area contributed by atoms with Crippen molar-refractivity contribution in [2.75, 3.05) is 0 Å². The summed E-state index contributed by atoms with van der Waals surface area (Å²) in [7, 11) is 0. The van der Waals surface area contributed by atoms with E-state index in [9.17, 15) is 0 Å². The molecule has 0 spiro atoms. The van der Waals surface area contributed by atoms with Gasteiger partial charge in [-0.3, -0.25) is 0 Å². The molecule has 0 radical (unpaired) electrons. The highest BCUT2D eigenvalue weighted by Gasteiger charge is 1.96. The fraction of sp³-hybridized carbons (Fsp3) is 0.571. The predicted molar refractivity (Wildman–Crippen MR) is 42.0 cm³/mol. The summed E-state index contributed by atoms with van der Waals surface area (Å²) < 4.78 is 5.33. The lowest BCUT2D eigenvalue weighted by Crippen LogP contribution is -2.01. The predicted octanol–water partition coefficient (Wildman–Crippen LogP) is 2.07. The van der Waals surface area contributed by atoms with Gasteiger partial charge in [0.25, 0.3) is 0 Å². The minimum atomic E-state index is 0.295. The number of rotatable bonds is 3. The highest BCUT2D eigenvalue weighted by Crippen LogP contribution is 2.06. The third-order valence-corrected chi connectivity index (χ3v) is 1.78. The molecule has 0 unspecified atom stereocenters. The summed E-state index contributed by atoms with van der Waals surface area (Å²) in [5, 5.41) is 3.01. The van der Waals surface area contributed by atoms with Crippen LogP contribution in [0.4, 0.5) is 0 Å². The first-order chi connectivity index (χ1) is 4.79. The average molecular weight is 157 g/mol. The molecule has 1 aromatic rings. The normalized spacial score (nSPS) is 10.7. The minimum absolute atomic E-state index is 0.295. The first-order valence-corrected chi connectivity index (χ1v) is 4.17. The van der Waals surface area contributed by atoms with Crippen LogP contribution in [0.3, 0.4) is 0 Å². The van der Waals surface area contributed by atoms with Gasteiger partial charge in [0.15, 0.2) is 0 Å². The molecular formula is C7H11NOS. The van der Waals surface area contributed by atoms with Crippen molar-refractivity contribution >= 4 is 11.3 Å². The average Bonchev–Trinajstić information content (AvgIpc) is 2.34. The van der Waals surface area contributed by atoms with E-state index in [1.54, 1.807) is 17.5 Å². The maximum absolute atomic E-state index is 5.33. The molecular weight excluding hydrogens is 146 g/mol. The molecule has 10 heavy (non-hydrogen) atoms. The Morgan fingerprint density at radius 2 is 2.50 bits per heavy atom.